The molecule has 1 saturated carbocycles. The van der Waals surface area contributed by atoms with E-state index in [9.17, 15) is 14.0 Å². The second-order valence-corrected chi connectivity index (χ2v) is 12.3. The quantitative estimate of drug-likeness (QED) is 0.305. The van der Waals surface area contributed by atoms with E-state index in [1.807, 2.05) is 30.2 Å². The van der Waals surface area contributed by atoms with Crippen molar-refractivity contribution in [3.05, 3.63) is 92.8 Å². The molecule has 2 unspecified atom stereocenters. The molecule has 3 N–H and O–H groups in total. The number of ether oxygens (including phenoxy) is 1. The third-order valence-electron chi connectivity index (χ3n) is 8.61. The highest BCUT2D eigenvalue weighted by molar-refractivity contribution is 7.21. The Morgan fingerprint density at radius 3 is 2.46 bits per heavy atom. The molecule has 2 amide bonds. The van der Waals surface area contributed by atoms with E-state index >= 15 is 0 Å². The van der Waals surface area contributed by atoms with Gasteiger partial charge in [-0.3, -0.25) is 9.59 Å². The molecule has 5 rings (SSSR count). The molecule has 216 valence electrons. The van der Waals surface area contributed by atoms with Crippen LogP contribution in [0.2, 0.25) is 5.02 Å². The van der Waals surface area contributed by atoms with E-state index in [-0.39, 0.29) is 28.8 Å². The van der Waals surface area contributed by atoms with Gasteiger partial charge in [-0.15, -0.1) is 11.3 Å². The predicted octanol–water partition coefficient (Wildman–Crippen LogP) is 6.66. The lowest BCUT2D eigenvalue weighted by atomic mass is 9.78. The molecule has 1 heterocycles. The van der Waals surface area contributed by atoms with Crippen LogP contribution < -0.4 is 11.1 Å². The molecule has 0 radical (unpaired) electrons. The summed E-state index contributed by atoms with van der Waals surface area (Å²) < 4.78 is 21.2. The van der Waals surface area contributed by atoms with Crippen molar-refractivity contribution in [1.29, 1.82) is 0 Å². The van der Waals surface area contributed by atoms with Crippen molar-refractivity contribution in [2.45, 2.75) is 50.6 Å². The zero-order chi connectivity index (χ0) is 29.3. The monoisotopic (exact) mass is 595 g/mol. The topological polar surface area (TPSA) is 84.7 Å². The van der Waals surface area contributed by atoms with Gasteiger partial charge >= 0.3 is 0 Å². The largest absolute Gasteiger partial charge is 0.497 e. The molecular formula is C32H35ClFN3O3S. The number of carbonyl (C=O) groups excluding carboxylic acids is 2. The van der Waals surface area contributed by atoms with E-state index in [2.05, 4.69) is 18.3 Å². The van der Waals surface area contributed by atoms with Gasteiger partial charge in [-0.05, 0) is 80.1 Å². The second kappa shape index (κ2) is 12.3. The van der Waals surface area contributed by atoms with E-state index < -0.39 is 11.7 Å². The molecule has 0 bridgehead atoms. The number of nitrogens with two attached hydrogens (primary N) is 1. The number of halogens is 2. The molecule has 6 nitrogen and oxygen atoms in total. The van der Waals surface area contributed by atoms with Crippen molar-refractivity contribution in [2.24, 2.45) is 11.7 Å². The van der Waals surface area contributed by atoms with Crippen LogP contribution in [0, 0.1) is 11.7 Å². The highest BCUT2D eigenvalue weighted by atomic mass is 35.5. The average Bonchev–Trinajstić information content (AvgIpc) is 3.33. The van der Waals surface area contributed by atoms with Gasteiger partial charge in [0.15, 0.2) is 0 Å². The molecule has 9 heteroatoms. The van der Waals surface area contributed by atoms with Crippen LogP contribution in [-0.2, 0) is 4.74 Å². The lowest BCUT2D eigenvalue weighted by Gasteiger charge is -2.39. The van der Waals surface area contributed by atoms with Crippen molar-refractivity contribution in [1.82, 2.24) is 10.2 Å². The molecule has 0 spiro atoms. The third-order valence-corrected chi connectivity index (χ3v) is 10.2. The Kier molecular flexibility index (Phi) is 8.82. The Balaban J connectivity index is 1.50. The van der Waals surface area contributed by atoms with E-state index in [0.29, 0.717) is 33.1 Å². The molecule has 2 aromatic carbocycles. The van der Waals surface area contributed by atoms with Crippen molar-refractivity contribution >= 4 is 44.8 Å². The van der Waals surface area contributed by atoms with E-state index in [0.717, 1.165) is 42.6 Å². The first kappa shape index (κ1) is 29.3. The van der Waals surface area contributed by atoms with Crippen molar-refractivity contribution in [2.75, 3.05) is 20.7 Å². The summed E-state index contributed by atoms with van der Waals surface area (Å²) in [4.78, 5) is 28.2. The number of fused-ring (bicyclic) bond motifs is 1. The summed E-state index contributed by atoms with van der Waals surface area (Å²) in [6.45, 7) is 2.50. The fraction of sp³-hybridized carbons (Fsp3) is 0.375. The molecule has 1 aromatic heterocycles. The van der Waals surface area contributed by atoms with E-state index in [1.54, 1.807) is 31.4 Å². The Morgan fingerprint density at radius 1 is 1.15 bits per heavy atom. The molecule has 3 aromatic rings. The maximum Gasteiger partial charge on any atom is 0.266 e. The van der Waals surface area contributed by atoms with Gasteiger partial charge in [0.1, 0.15) is 16.5 Å². The number of hydrogen-bond donors (Lipinski definition) is 2. The van der Waals surface area contributed by atoms with Crippen molar-refractivity contribution in [3.8, 4) is 0 Å². The molecular weight excluding hydrogens is 561 g/mol. The van der Waals surface area contributed by atoms with Gasteiger partial charge in [0.05, 0.1) is 12.1 Å². The van der Waals surface area contributed by atoms with Crippen molar-refractivity contribution < 1.29 is 18.7 Å². The van der Waals surface area contributed by atoms with Crippen LogP contribution in [0.15, 0.2) is 65.9 Å². The predicted molar refractivity (Wildman–Crippen MR) is 163 cm³/mol. The maximum absolute atomic E-state index is 14.7. The summed E-state index contributed by atoms with van der Waals surface area (Å²) >= 11 is 7.92. The van der Waals surface area contributed by atoms with Crippen molar-refractivity contribution in [3.63, 3.8) is 0 Å². The minimum Gasteiger partial charge on any atom is -0.497 e. The Hall–Kier alpha value is -3.20. The molecule has 0 aliphatic heterocycles. The average molecular weight is 596 g/mol. The minimum absolute atomic E-state index is 0.00801. The smallest absolute Gasteiger partial charge is 0.266 e. The number of carbonyl (C=O) groups is 2. The summed E-state index contributed by atoms with van der Waals surface area (Å²) in [6, 6.07) is 12.6. The summed E-state index contributed by atoms with van der Waals surface area (Å²) in [6.07, 6.45) is 7.69. The number of thiophene rings is 1. The number of rotatable bonds is 8. The molecule has 1 fully saturated rings. The van der Waals surface area contributed by atoms with Gasteiger partial charge in [-0.1, -0.05) is 42.8 Å². The number of amides is 2. The molecule has 0 saturated heterocycles. The second-order valence-electron chi connectivity index (χ2n) is 10.8. The molecule has 2 aliphatic carbocycles. The zero-order valence-electron chi connectivity index (χ0n) is 23.5. The van der Waals surface area contributed by atoms with Gasteiger partial charge in [-0.2, -0.15) is 0 Å². The third kappa shape index (κ3) is 5.78. The number of methoxy groups -OCH3 is 1. The number of hydrogen-bond acceptors (Lipinski definition) is 5. The van der Waals surface area contributed by atoms with Crippen LogP contribution in [0.25, 0.3) is 10.1 Å². The lowest BCUT2D eigenvalue weighted by Crippen LogP contribution is -2.46. The molecule has 2 atom stereocenters. The van der Waals surface area contributed by atoms with Crippen LogP contribution in [0.1, 0.15) is 64.1 Å². The van der Waals surface area contributed by atoms with Crippen LogP contribution in [0.4, 0.5) is 4.39 Å². The van der Waals surface area contributed by atoms with Gasteiger partial charge in [0, 0.05) is 40.2 Å². The van der Waals surface area contributed by atoms with Gasteiger partial charge in [0.2, 0.25) is 5.91 Å². The van der Waals surface area contributed by atoms with E-state index in [1.165, 1.54) is 17.4 Å². The Labute approximate surface area is 249 Å². The first-order valence-corrected chi connectivity index (χ1v) is 15.1. The fourth-order valence-electron chi connectivity index (χ4n) is 6.16. The first-order chi connectivity index (χ1) is 19.7. The number of allylic oxidation sites excluding steroid dienone is 2. The number of nitrogens with one attached hydrogen (secondary N) is 1. The highest BCUT2D eigenvalue weighted by Gasteiger charge is 2.35. The standard InChI is InChI=1S/C32H35ClFN3O3S/c1-18-23(19-7-9-20(10-8-19)31(35)38)15-16-26(40-3)24(18)17-37(22-13-11-21(36-2)12-14-22)32(39)30-29(33)28-25(34)5-4-6-27(28)41-30/h4-10,15-16,18,21-23,36H,11-14,17H2,1-3H3,(H2,35,38). The normalized spacial score (nSPS) is 22.7. The molecule has 2 aliphatic rings. The molecule has 41 heavy (non-hydrogen) atoms. The van der Waals surface area contributed by atoms with Crippen LogP contribution in [0.5, 0.6) is 0 Å². The Morgan fingerprint density at radius 2 is 1.85 bits per heavy atom. The zero-order valence-corrected chi connectivity index (χ0v) is 25.0. The fourth-order valence-corrected chi connectivity index (χ4v) is 7.67. The van der Waals surface area contributed by atoms with E-state index in [4.69, 9.17) is 22.1 Å². The van der Waals surface area contributed by atoms with Gasteiger partial charge in [-0.25, -0.2) is 4.39 Å². The summed E-state index contributed by atoms with van der Waals surface area (Å²) in [5.41, 5.74) is 7.95. The van der Waals surface area contributed by atoms with Gasteiger partial charge < -0.3 is 20.7 Å². The number of primary amides is 1. The summed E-state index contributed by atoms with van der Waals surface area (Å²) in [5.74, 6) is -0.316. The number of benzene rings is 2. The summed E-state index contributed by atoms with van der Waals surface area (Å²) in [7, 11) is 3.62. The van der Waals surface area contributed by atoms with Crippen LogP contribution in [0.3, 0.4) is 0 Å². The first-order valence-electron chi connectivity index (χ1n) is 13.9. The lowest BCUT2D eigenvalue weighted by molar-refractivity contribution is 0.0640. The van der Waals surface area contributed by atoms with Crippen LogP contribution in [-0.4, -0.2) is 49.5 Å². The van der Waals surface area contributed by atoms with Crippen LogP contribution >= 0.6 is 22.9 Å². The SMILES string of the molecule is CNC1CCC(N(CC2=C(OC)C=CC(c3ccc(C(N)=O)cc3)C2C)C(=O)c2sc3cccc(F)c3c2Cl)CC1. The summed E-state index contributed by atoms with van der Waals surface area (Å²) in [5, 5.41) is 3.84. The Bertz CT molecular complexity index is 1510. The highest BCUT2D eigenvalue weighted by Crippen LogP contribution is 2.41. The number of nitrogens with zero attached hydrogens (tertiary/aromatic N) is 1. The minimum atomic E-state index is -0.465. The van der Waals surface area contributed by atoms with Gasteiger partial charge in [0.25, 0.3) is 5.91 Å². The maximum atomic E-state index is 14.7.